The number of hydrogen-bond acceptors (Lipinski definition) is 4. The molecule has 0 saturated carbocycles. The number of hydrogen-bond donors (Lipinski definition) is 1. The molecular formula is C13H19ClO3S. The lowest BCUT2D eigenvalue weighted by molar-refractivity contribution is -0.0257. The highest BCUT2D eigenvalue weighted by molar-refractivity contribution is 7.99. The summed E-state index contributed by atoms with van der Waals surface area (Å²) in [6.45, 7) is 2.78. The number of ether oxygens (including phenoxy) is 2. The summed E-state index contributed by atoms with van der Waals surface area (Å²) in [4.78, 5) is 1.09. The first-order chi connectivity index (χ1) is 8.61. The summed E-state index contributed by atoms with van der Waals surface area (Å²) in [7, 11) is 1.63. The Hall–Kier alpha value is -0.260. The summed E-state index contributed by atoms with van der Waals surface area (Å²) in [5, 5.41) is 10.5. The second-order valence-electron chi connectivity index (χ2n) is 4.02. The summed E-state index contributed by atoms with van der Waals surface area (Å²) >= 11 is 7.38. The molecule has 18 heavy (non-hydrogen) atoms. The van der Waals surface area contributed by atoms with Crippen molar-refractivity contribution >= 4 is 23.4 Å². The van der Waals surface area contributed by atoms with Gasteiger partial charge in [-0.15, -0.1) is 11.8 Å². The topological polar surface area (TPSA) is 38.7 Å². The number of aliphatic hydroxyl groups excluding tert-OH is 1. The Balaban J connectivity index is 2.20. The minimum absolute atomic E-state index is 0.00480. The van der Waals surface area contributed by atoms with E-state index in [9.17, 15) is 5.11 Å². The second kappa shape index (κ2) is 8.77. The molecule has 0 bridgehead atoms. The van der Waals surface area contributed by atoms with Crippen LogP contribution in [-0.4, -0.2) is 43.4 Å². The number of benzene rings is 1. The predicted molar refractivity (Wildman–Crippen MR) is 75.5 cm³/mol. The van der Waals surface area contributed by atoms with Crippen molar-refractivity contribution in [2.75, 3.05) is 26.1 Å². The Morgan fingerprint density at radius 3 is 2.56 bits per heavy atom. The Morgan fingerprint density at radius 2 is 1.94 bits per heavy atom. The van der Waals surface area contributed by atoms with Gasteiger partial charge in [0.1, 0.15) is 0 Å². The van der Waals surface area contributed by atoms with E-state index in [-0.39, 0.29) is 6.10 Å². The molecule has 0 radical (unpaired) electrons. The van der Waals surface area contributed by atoms with E-state index < -0.39 is 6.10 Å². The summed E-state index contributed by atoms with van der Waals surface area (Å²) in [5.74, 6) is 0.599. The summed E-state index contributed by atoms with van der Waals surface area (Å²) < 4.78 is 10.4. The van der Waals surface area contributed by atoms with E-state index >= 15 is 0 Å². The van der Waals surface area contributed by atoms with E-state index in [1.807, 2.05) is 31.2 Å². The van der Waals surface area contributed by atoms with Gasteiger partial charge in [-0.3, -0.25) is 0 Å². The maximum absolute atomic E-state index is 9.77. The van der Waals surface area contributed by atoms with E-state index in [2.05, 4.69) is 0 Å². The highest BCUT2D eigenvalue weighted by Gasteiger charge is 2.08. The van der Waals surface area contributed by atoms with E-state index in [1.54, 1.807) is 18.9 Å². The van der Waals surface area contributed by atoms with Crippen LogP contribution in [-0.2, 0) is 9.47 Å². The van der Waals surface area contributed by atoms with Crippen LogP contribution in [0.5, 0.6) is 0 Å². The average Bonchev–Trinajstić information content (AvgIpc) is 2.36. The van der Waals surface area contributed by atoms with Crippen molar-refractivity contribution in [3.05, 3.63) is 29.3 Å². The van der Waals surface area contributed by atoms with Crippen molar-refractivity contribution in [3.63, 3.8) is 0 Å². The van der Waals surface area contributed by atoms with Gasteiger partial charge in [0.05, 0.1) is 25.4 Å². The van der Waals surface area contributed by atoms with Crippen LogP contribution in [0.3, 0.4) is 0 Å². The van der Waals surface area contributed by atoms with Crippen LogP contribution in [0.1, 0.15) is 6.92 Å². The van der Waals surface area contributed by atoms with Crippen molar-refractivity contribution in [1.29, 1.82) is 0 Å². The van der Waals surface area contributed by atoms with Gasteiger partial charge >= 0.3 is 0 Å². The standard InChI is InChI=1S/C13H19ClO3S/c1-10(7-16-2)17-8-12(15)9-18-13-5-3-11(14)4-6-13/h3-6,10,12,15H,7-9H2,1-2H3. The van der Waals surface area contributed by atoms with Gasteiger partial charge in [-0.1, -0.05) is 11.6 Å². The normalized spacial score (nSPS) is 14.4. The third kappa shape index (κ3) is 6.61. The molecule has 5 heteroatoms. The largest absolute Gasteiger partial charge is 0.390 e. The fourth-order valence-corrected chi connectivity index (χ4v) is 2.27. The minimum Gasteiger partial charge on any atom is -0.390 e. The zero-order chi connectivity index (χ0) is 13.4. The molecule has 2 atom stereocenters. The van der Waals surface area contributed by atoms with Crippen molar-refractivity contribution in [1.82, 2.24) is 0 Å². The zero-order valence-corrected chi connectivity index (χ0v) is 12.2. The quantitative estimate of drug-likeness (QED) is 0.747. The first kappa shape index (κ1) is 15.8. The van der Waals surface area contributed by atoms with Crippen LogP contribution in [0.4, 0.5) is 0 Å². The Bertz CT molecular complexity index is 332. The highest BCUT2D eigenvalue weighted by Crippen LogP contribution is 2.21. The minimum atomic E-state index is -0.481. The molecule has 1 N–H and O–H groups in total. The lowest BCUT2D eigenvalue weighted by Gasteiger charge is -2.15. The smallest absolute Gasteiger partial charge is 0.0867 e. The van der Waals surface area contributed by atoms with Crippen LogP contribution in [0, 0.1) is 0 Å². The van der Waals surface area contributed by atoms with Crippen LogP contribution in [0.15, 0.2) is 29.2 Å². The van der Waals surface area contributed by atoms with Gasteiger partial charge in [0, 0.05) is 22.8 Å². The van der Waals surface area contributed by atoms with Gasteiger partial charge in [-0.25, -0.2) is 0 Å². The Labute approximate surface area is 117 Å². The van der Waals surface area contributed by atoms with Gasteiger partial charge in [0.25, 0.3) is 0 Å². The Morgan fingerprint density at radius 1 is 1.28 bits per heavy atom. The molecule has 0 aliphatic carbocycles. The van der Waals surface area contributed by atoms with Crippen LogP contribution in [0.2, 0.25) is 5.02 Å². The van der Waals surface area contributed by atoms with E-state index in [4.69, 9.17) is 21.1 Å². The van der Waals surface area contributed by atoms with Crippen LogP contribution < -0.4 is 0 Å². The maximum Gasteiger partial charge on any atom is 0.0867 e. The lowest BCUT2D eigenvalue weighted by Crippen LogP contribution is -2.24. The van der Waals surface area contributed by atoms with Crippen molar-refractivity contribution in [2.24, 2.45) is 0 Å². The molecule has 2 unspecified atom stereocenters. The first-order valence-corrected chi connectivity index (χ1v) is 7.15. The number of aliphatic hydroxyl groups is 1. The highest BCUT2D eigenvalue weighted by atomic mass is 35.5. The molecular weight excluding hydrogens is 272 g/mol. The molecule has 0 aromatic heterocycles. The van der Waals surface area contributed by atoms with Crippen molar-refractivity contribution in [2.45, 2.75) is 24.0 Å². The van der Waals surface area contributed by atoms with Crippen molar-refractivity contribution < 1.29 is 14.6 Å². The molecule has 102 valence electrons. The molecule has 1 aromatic rings. The van der Waals surface area contributed by atoms with Gasteiger partial charge in [-0.2, -0.15) is 0 Å². The van der Waals surface area contributed by atoms with E-state index in [1.165, 1.54) is 0 Å². The van der Waals surface area contributed by atoms with Gasteiger partial charge in [0.2, 0.25) is 0 Å². The van der Waals surface area contributed by atoms with Crippen LogP contribution in [0.25, 0.3) is 0 Å². The molecule has 0 fully saturated rings. The van der Waals surface area contributed by atoms with E-state index in [0.29, 0.717) is 19.0 Å². The molecule has 3 nitrogen and oxygen atoms in total. The van der Waals surface area contributed by atoms with Crippen molar-refractivity contribution in [3.8, 4) is 0 Å². The maximum atomic E-state index is 9.77. The number of halogens is 1. The lowest BCUT2D eigenvalue weighted by atomic mass is 10.4. The second-order valence-corrected chi connectivity index (χ2v) is 5.55. The first-order valence-electron chi connectivity index (χ1n) is 5.78. The molecule has 0 heterocycles. The summed E-state index contributed by atoms with van der Waals surface area (Å²) in [6, 6.07) is 7.56. The number of methoxy groups -OCH3 is 1. The van der Waals surface area contributed by atoms with Gasteiger partial charge < -0.3 is 14.6 Å². The van der Waals surface area contributed by atoms with Gasteiger partial charge in [0.15, 0.2) is 0 Å². The molecule has 0 spiro atoms. The SMILES string of the molecule is COCC(C)OCC(O)CSc1ccc(Cl)cc1. The molecule has 0 amide bonds. The number of rotatable bonds is 8. The van der Waals surface area contributed by atoms with E-state index in [0.717, 1.165) is 9.92 Å². The average molecular weight is 291 g/mol. The van der Waals surface area contributed by atoms with Crippen LogP contribution >= 0.6 is 23.4 Å². The Kier molecular flexibility index (Phi) is 7.70. The molecule has 1 rings (SSSR count). The molecule has 0 saturated heterocycles. The fourth-order valence-electron chi connectivity index (χ4n) is 1.33. The molecule has 0 aliphatic rings. The third-order valence-corrected chi connectivity index (χ3v) is 3.64. The third-order valence-electron chi connectivity index (χ3n) is 2.23. The molecule has 1 aromatic carbocycles. The zero-order valence-electron chi connectivity index (χ0n) is 10.6. The number of thioether (sulfide) groups is 1. The monoisotopic (exact) mass is 290 g/mol. The molecule has 0 aliphatic heterocycles. The fraction of sp³-hybridized carbons (Fsp3) is 0.538. The summed E-state index contributed by atoms with van der Waals surface area (Å²) in [5.41, 5.74) is 0. The summed E-state index contributed by atoms with van der Waals surface area (Å²) in [6.07, 6.45) is -0.477. The predicted octanol–water partition coefficient (Wildman–Crippen LogP) is 2.84. The van der Waals surface area contributed by atoms with Gasteiger partial charge in [-0.05, 0) is 31.2 Å².